The van der Waals surface area contributed by atoms with Crippen molar-refractivity contribution in [1.29, 1.82) is 5.26 Å². The van der Waals surface area contributed by atoms with E-state index in [0.717, 1.165) is 15.0 Å². The van der Waals surface area contributed by atoms with Crippen LogP contribution in [-0.4, -0.2) is 9.55 Å². The number of hydrogen-bond acceptors (Lipinski definition) is 4. The lowest BCUT2D eigenvalue weighted by Crippen LogP contribution is -2.34. The number of nitrogens with one attached hydrogen (secondary N) is 1. The van der Waals surface area contributed by atoms with E-state index in [2.05, 4.69) is 4.98 Å². The van der Waals surface area contributed by atoms with Gasteiger partial charge in [-0.05, 0) is 30.7 Å². The van der Waals surface area contributed by atoms with Gasteiger partial charge >= 0.3 is 5.69 Å². The highest BCUT2D eigenvalue weighted by atomic mass is 32.1. The first-order valence-corrected chi connectivity index (χ1v) is 7.12. The fourth-order valence-corrected chi connectivity index (χ4v) is 3.13. The largest absolute Gasteiger partial charge is 0.329 e. The second kappa shape index (κ2) is 5.04. The van der Waals surface area contributed by atoms with Crippen LogP contribution in [0, 0.1) is 18.3 Å². The third kappa shape index (κ3) is 2.39. The summed E-state index contributed by atoms with van der Waals surface area (Å²) in [6, 6.07) is 10.7. The van der Waals surface area contributed by atoms with E-state index in [0.29, 0.717) is 15.8 Å². The number of nitriles is 1. The second-order valence-electron chi connectivity index (χ2n) is 4.73. The number of thiophene rings is 1. The number of aryl methyl sites for hydroxylation is 1. The zero-order valence-electron chi connectivity index (χ0n) is 11.2. The number of fused-ring (bicyclic) bond motifs is 1. The molecule has 2 heterocycles. The summed E-state index contributed by atoms with van der Waals surface area (Å²) in [6.07, 6.45) is 0. The molecule has 0 fully saturated rings. The molecule has 1 aromatic carbocycles. The van der Waals surface area contributed by atoms with Gasteiger partial charge in [-0.2, -0.15) is 5.26 Å². The molecule has 3 rings (SSSR count). The first-order chi connectivity index (χ1) is 10.1. The average Bonchev–Trinajstić information content (AvgIpc) is 2.84. The third-order valence-corrected chi connectivity index (χ3v) is 4.16. The van der Waals surface area contributed by atoms with E-state index >= 15 is 0 Å². The SMILES string of the molecule is Cc1cc2c(=O)n(Cc3cccc(C#N)c3)c(=O)[nH]c2s1. The number of nitrogens with zero attached hydrogens (tertiary/aromatic N) is 2. The molecule has 6 heteroatoms. The highest BCUT2D eigenvalue weighted by molar-refractivity contribution is 7.18. The van der Waals surface area contributed by atoms with Crippen molar-refractivity contribution in [2.24, 2.45) is 0 Å². The van der Waals surface area contributed by atoms with E-state index in [9.17, 15) is 9.59 Å². The van der Waals surface area contributed by atoms with Gasteiger partial charge in [0.15, 0.2) is 0 Å². The number of H-pyrrole nitrogens is 1. The average molecular weight is 297 g/mol. The summed E-state index contributed by atoms with van der Waals surface area (Å²) in [7, 11) is 0. The normalized spacial score (nSPS) is 10.7. The molecule has 0 aliphatic carbocycles. The molecule has 0 saturated carbocycles. The number of aromatic nitrogens is 2. The van der Waals surface area contributed by atoms with Crippen molar-refractivity contribution >= 4 is 21.6 Å². The van der Waals surface area contributed by atoms with Gasteiger partial charge in [-0.1, -0.05) is 12.1 Å². The van der Waals surface area contributed by atoms with Gasteiger partial charge in [0.25, 0.3) is 5.56 Å². The Kier molecular flexibility index (Phi) is 3.20. The van der Waals surface area contributed by atoms with Gasteiger partial charge in [0.05, 0.1) is 23.6 Å². The monoisotopic (exact) mass is 297 g/mol. The minimum atomic E-state index is -0.434. The highest BCUT2D eigenvalue weighted by Crippen LogP contribution is 2.18. The Labute approximate surface area is 123 Å². The smallest absolute Gasteiger partial charge is 0.298 e. The molecule has 0 atom stereocenters. The first-order valence-electron chi connectivity index (χ1n) is 6.31. The van der Waals surface area contributed by atoms with Gasteiger partial charge in [-0.15, -0.1) is 11.3 Å². The minimum Gasteiger partial charge on any atom is -0.298 e. The topological polar surface area (TPSA) is 78.7 Å². The zero-order chi connectivity index (χ0) is 15.0. The molecule has 3 aromatic rings. The van der Waals surface area contributed by atoms with E-state index in [1.807, 2.05) is 13.0 Å². The van der Waals surface area contributed by atoms with Crippen LogP contribution in [0.2, 0.25) is 0 Å². The molecule has 5 nitrogen and oxygen atoms in total. The first kappa shape index (κ1) is 13.3. The van der Waals surface area contributed by atoms with Crippen LogP contribution in [0.25, 0.3) is 10.2 Å². The lowest BCUT2D eigenvalue weighted by molar-refractivity contribution is 0.712. The molecule has 2 aromatic heterocycles. The van der Waals surface area contributed by atoms with Gasteiger partial charge < -0.3 is 0 Å². The van der Waals surface area contributed by atoms with Gasteiger partial charge in [-0.25, -0.2) is 4.79 Å². The standard InChI is InChI=1S/C15H11N3O2S/c1-9-5-12-13(21-9)17-15(20)18(14(12)19)8-11-4-2-3-10(6-11)7-16/h2-6H,8H2,1H3,(H,17,20). The summed E-state index contributed by atoms with van der Waals surface area (Å²) >= 11 is 1.39. The number of hydrogen-bond donors (Lipinski definition) is 1. The quantitative estimate of drug-likeness (QED) is 0.785. The second-order valence-corrected chi connectivity index (χ2v) is 5.99. The van der Waals surface area contributed by atoms with Crippen molar-refractivity contribution in [3.05, 3.63) is 67.2 Å². The van der Waals surface area contributed by atoms with Gasteiger partial charge in [0.2, 0.25) is 0 Å². The van der Waals surface area contributed by atoms with E-state index in [4.69, 9.17) is 5.26 Å². The zero-order valence-corrected chi connectivity index (χ0v) is 12.0. The van der Waals surface area contributed by atoms with Crippen molar-refractivity contribution in [2.75, 3.05) is 0 Å². The Hall–Kier alpha value is -2.65. The van der Waals surface area contributed by atoms with Crippen molar-refractivity contribution < 1.29 is 0 Å². The molecule has 0 bridgehead atoms. The molecule has 0 aliphatic heterocycles. The fraction of sp³-hybridized carbons (Fsp3) is 0.133. The third-order valence-electron chi connectivity index (χ3n) is 3.19. The van der Waals surface area contributed by atoms with Crippen molar-refractivity contribution in [3.63, 3.8) is 0 Å². The van der Waals surface area contributed by atoms with Gasteiger partial charge in [0.1, 0.15) is 4.83 Å². The molecule has 0 unspecified atom stereocenters. The Bertz CT molecular complexity index is 989. The van der Waals surface area contributed by atoms with E-state index in [1.54, 1.807) is 30.3 Å². The summed E-state index contributed by atoms with van der Waals surface area (Å²) in [6.45, 7) is 2.04. The lowest BCUT2D eigenvalue weighted by Gasteiger charge is -2.05. The summed E-state index contributed by atoms with van der Waals surface area (Å²) in [5, 5.41) is 9.42. The maximum absolute atomic E-state index is 12.4. The maximum Gasteiger partial charge on any atom is 0.329 e. The van der Waals surface area contributed by atoms with Crippen molar-refractivity contribution in [2.45, 2.75) is 13.5 Å². The van der Waals surface area contributed by atoms with E-state index in [-0.39, 0.29) is 12.1 Å². The van der Waals surface area contributed by atoms with Gasteiger partial charge in [0, 0.05) is 4.88 Å². The molecule has 21 heavy (non-hydrogen) atoms. The highest BCUT2D eigenvalue weighted by Gasteiger charge is 2.10. The molecule has 0 amide bonds. The molecular formula is C15H11N3O2S. The number of rotatable bonds is 2. The molecule has 0 spiro atoms. The van der Waals surface area contributed by atoms with E-state index in [1.165, 1.54) is 11.3 Å². The van der Waals surface area contributed by atoms with Crippen LogP contribution in [0.15, 0.2) is 39.9 Å². The molecule has 0 saturated heterocycles. The molecule has 0 aliphatic rings. The predicted molar refractivity (Wildman–Crippen MR) is 81.7 cm³/mol. The summed E-state index contributed by atoms with van der Waals surface area (Å²) in [5.74, 6) is 0. The maximum atomic E-state index is 12.4. The Balaban J connectivity index is 2.14. The minimum absolute atomic E-state index is 0.147. The van der Waals surface area contributed by atoms with Crippen LogP contribution in [0.5, 0.6) is 0 Å². The fourth-order valence-electron chi connectivity index (χ4n) is 2.23. The van der Waals surface area contributed by atoms with Crippen LogP contribution in [-0.2, 0) is 6.54 Å². The predicted octanol–water partition coefficient (Wildman–Crippen LogP) is 1.98. The summed E-state index contributed by atoms with van der Waals surface area (Å²) < 4.78 is 1.16. The number of aromatic amines is 1. The van der Waals surface area contributed by atoms with E-state index < -0.39 is 5.69 Å². The van der Waals surface area contributed by atoms with Crippen LogP contribution in [0.1, 0.15) is 16.0 Å². The van der Waals surface area contributed by atoms with Gasteiger partial charge in [-0.3, -0.25) is 14.3 Å². The summed E-state index contributed by atoms with van der Waals surface area (Å²) in [5.41, 5.74) is 0.509. The van der Waals surface area contributed by atoms with Crippen LogP contribution in [0.4, 0.5) is 0 Å². The Morgan fingerprint density at radius 1 is 1.33 bits per heavy atom. The van der Waals surface area contributed by atoms with Crippen molar-refractivity contribution in [3.8, 4) is 6.07 Å². The molecular weight excluding hydrogens is 286 g/mol. The Morgan fingerprint density at radius 2 is 2.14 bits per heavy atom. The molecule has 0 radical (unpaired) electrons. The summed E-state index contributed by atoms with van der Waals surface area (Å²) in [4.78, 5) is 28.8. The van der Waals surface area contributed by atoms with Crippen LogP contribution in [0.3, 0.4) is 0 Å². The molecule has 1 N–H and O–H groups in total. The Morgan fingerprint density at radius 3 is 2.90 bits per heavy atom. The molecule has 104 valence electrons. The van der Waals surface area contributed by atoms with Crippen LogP contribution < -0.4 is 11.2 Å². The number of benzene rings is 1. The van der Waals surface area contributed by atoms with Crippen LogP contribution >= 0.6 is 11.3 Å². The lowest BCUT2D eigenvalue weighted by atomic mass is 10.1. The van der Waals surface area contributed by atoms with Crippen molar-refractivity contribution in [1.82, 2.24) is 9.55 Å².